The SMILES string of the molecule is O=C(CCCc1nc2ccccc2c(=O)[nH]1)Nc1cc(C2CCCC2)nn1-c1ccccc1. The molecule has 168 valence electrons. The number of fused-ring (bicyclic) bond motifs is 1. The summed E-state index contributed by atoms with van der Waals surface area (Å²) in [7, 11) is 0. The number of nitrogens with one attached hydrogen (secondary N) is 2. The van der Waals surface area contributed by atoms with Crippen LogP contribution in [0.2, 0.25) is 0 Å². The summed E-state index contributed by atoms with van der Waals surface area (Å²) in [5, 5.41) is 8.46. The molecule has 2 aromatic carbocycles. The van der Waals surface area contributed by atoms with E-state index >= 15 is 0 Å². The minimum atomic E-state index is -0.147. The van der Waals surface area contributed by atoms with Gasteiger partial charge in [-0.15, -0.1) is 0 Å². The molecule has 1 aliphatic rings. The lowest BCUT2D eigenvalue weighted by Gasteiger charge is -2.09. The Kier molecular flexibility index (Phi) is 6.02. The first-order valence-electron chi connectivity index (χ1n) is 11.6. The van der Waals surface area contributed by atoms with Gasteiger partial charge < -0.3 is 10.3 Å². The number of para-hydroxylation sites is 2. The molecular formula is C26H27N5O2. The fourth-order valence-corrected chi connectivity index (χ4v) is 4.55. The topological polar surface area (TPSA) is 92.7 Å². The van der Waals surface area contributed by atoms with Gasteiger partial charge in [0.25, 0.3) is 5.56 Å². The van der Waals surface area contributed by atoms with Gasteiger partial charge >= 0.3 is 0 Å². The molecule has 0 saturated heterocycles. The molecule has 0 radical (unpaired) electrons. The molecule has 7 heteroatoms. The fraction of sp³-hybridized carbons (Fsp3) is 0.308. The van der Waals surface area contributed by atoms with Gasteiger partial charge in [-0.1, -0.05) is 43.2 Å². The molecule has 2 N–H and O–H groups in total. The maximum atomic E-state index is 12.8. The summed E-state index contributed by atoms with van der Waals surface area (Å²) in [4.78, 5) is 32.3. The van der Waals surface area contributed by atoms with Gasteiger partial charge in [0.15, 0.2) is 0 Å². The molecule has 33 heavy (non-hydrogen) atoms. The standard InChI is InChI=1S/C26H27N5O2/c32-25(16-8-15-23-27-21-14-7-6-13-20(21)26(33)28-23)29-24-17-22(18-9-4-5-10-18)30-31(24)19-11-2-1-3-12-19/h1-3,6-7,11-14,17-18H,4-5,8-10,15-16H2,(H,29,32)(H,27,28,33). The van der Waals surface area contributed by atoms with Gasteiger partial charge in [0.2, 0.25) is 5.91 Å². The van der Waals surface area contributed by atoms with Crippen LogP contribution >= 0.6 is 0 Å². The lowest BCUT2D eigenvalue weighted by atomic mass is 10.0. The molecule has 0 atom stereocenters. The summed E-state index contributed by atoms with van der Waals surface area (Å²) in [6, 6.07) is 19.2. The average molecular weight is 442 g/mol. The highest BCUT2D eigenvalue weighted by atomic mass is 16.1. The first-order chi connectivity index (χ1) is 16.2. The van der Waals surface area contributed by atoms with Crippen molar-refractivity contribution in [3.63, 3.8) is 0 Å². The summed E-state index contributed by atoms with van der Waals surface area (Å²) in [6.07, 6.45) is 6.20. The van der Waals surface area contributed by atoms with E-state index in [1.165, 1.54) is 12.8 Å². The third-order valence-corrected chi connectivity index (χ3v) is 6.25. The minimum absolute atomic E-state index is 0.0758. The molecular weight excluding hydrogens is 414 g/mol. The van der Waals surface area contributed by atoms with E-state index in [2.05, 4.69) is 15.3 Å². The van der Waals surface area contributed by atoms with Crippen LogP contribution in [0, 0.1) is 0 Å². The number of aromatic amines is 1. The van der Waals surface area contributed by atoms with Crippen LogP contribution in [0.15, 0.2) is 65.5 Å². The molecule has 1 fully saturated rings. The van der Waals surface area contributed by atoms with Crippen LogP contribution in [0.4, 0.5) is 5.82 Å². The van der Waals surface area contributed by atoms with Gasteiger partial charge in [0.05, 0.1) is 22.3 Å². The number of hydrogen-bond acceptors (Lipinski definition) is 4. The number of carbonyl (C=O) groups is 1. The maximum absolute atomic E-state index is 12.8. The Morgan fingerprint density at radius 1 is 1.06 bits per heavy atom. The number of anilines is 1. The summed E-state index contributed by atoms with van der Waals surface area (Å²) in [5.74, 6) is 1.68. The quantitative estimate of drug-likeness (QED) is 0.434. The van der Waals surface area contributed by atoms with Crippen molar-refractivity contribution in [3.05, 3.63) is 82.5 Å². The smallest absolute Gasteiger partial charge is 0.258 e. The van der Waals surface area contributed by atoms with Crippen LogP contribution in [0.3, 0.4) is 0 Å². The van der Waals surface area contributed by atoms with E-state index in [9.17, 15) is 9.59 Å². The largest absolute Gasteiger partial charge is 0.311 e. The van der Waals surface area contributed by atoms with E-state index in [4.69, 9.17) is 5.10 Å². The Bertz CT molecular complexity index is 1320. The van der Waals surface area contributed by atoms with E-state index in [1.807, 2.05) is 59.3 Å². The summed E-state index contributed by atoms with van der Waals surface area (Å²) in [6.45, 7) is 0. The highest BCUT2D eigenvalue weighted by molar-refractivity contribution is 5.90. The van der Waals surface area contributed by atoms with Gasteiger partial charge in [0, 0.05) is 24.8 Å². The molecule has 0 unspecified atom stereocenters. The third-order valence-electron chi connectivity index (χ3n) is 6.25. The van der Waals surface area contributed by atoms with Crippen LogP contribution in [0.5, 0.6) is 0 Å². The van der Waals surface area contributed by atoms with E-state index in [0.717, 1.165) is 24.2 Å². The average Bonchev–Trinajstić information content (AvgIpc) is 3.50. The maximum Gasteiger partial charge on any atom is 0.258 e. The van der Waals surface area contributed by atoms with Crippen molar-refractivity contribution in [2.75, 3.05) is 5.32 Å². The molecule has 5 rings (SSSR count). The second-order valence-corrected chi connectivity index (χ2v) is 8.61. The molecule has 2 aromatic heterocycles. The van der Waals surface area contributed by atoms with Crippen molar-refractivity contribution < 1.29 is 4.79 Å². The predicted octanol–water partition coefficient (Wildman–Crippen LogP) is 4.73. The zero-order chi connectivity index (χ0) is 22.6. The number of rotatable bonds is 7. The summed E-state index contributed by atoms with van der Waals surface area (Å²) < 4.78 is 1.83. The Hall–Kier alpha value is -3.74. The van der Waals surface area contributed by atoms with Crippen molar-refractivity contribution in [1.82, 2.24) is 19.7 Å². The number of aromatic nitrogens is 4. The van der Waals surface area contributed by atoms with Gasteiger partial charge in [0.1, 0.15) is 11.6 Å². The van der Waals surface area contributed by atoms with Crippen LogP contribution in [-0.2, 0) is 11.2 Å². The summed E-state index contributed by atoms with van der Waals surface area (Å²) >= 11 is 0. The summed E-state index contributed by atoms with van der Waals surface area (Å²) in [5.41, 5.74) is 2.50. The molecule has 1 aliphatic carbocycles. The van der Waals surface area contributed by atoms with Gasteiger partial charge in [-0.3, -0.25) is 9.59 Å². The highest BCUT2D eigenvalue weighted by Crippen LogP contribution is 2.35. The number of aryl methyl sites for hydroxylation is 1. The zero-order valence-corrected chi connectivity index (χ0v) is 18.5. The zero-order valence-electron chi connectivity index (χ0n) is 18.5. The fourth-order valence-electron chi connectivity index (χ4n) is 4.55. The number of carbonyl (C=O) groups excluding carboxylic acids is 1. The van der Waals surface area contributed by atoms with Crippen molar-refractivity contribution in [2.24, 2.45) is 0 Å². The van der Waals surface area contributed by atoms with Crippen LogP contribution in [-0.4, -0.2) is 25.7 Å². The number of nitrogens with zero attached hydrogens (tertiary/aromatic N) is 3. The Morgan fingerprint density at radius 2 is 1.82 bits per heavy atom. The number of hydrogen-bond donors (Lipinski definition) is 2. The number of amides is 1. The molecule has 2 heterocycles. The van der Waals surface area contributed by atoms with Crippen molar-refractivity contribution in [3.8, 4) is 5.69 Å². The highest BCUT2D eigenvalue weighted by Gasteiger charge is 2.22. The predicted molar refractivity (Wildman–Crippen MR) is 129 cm³/mol. The molecule has 0 bridgehead atoms. The Labute approximate surface area is 191 Å². The van der Waals surface area contributed by atoms with Crippen molar-refractivity contribution in [1.29, 1.82) is 0 Å². The van der Waals surface area contributed by atoms with Crippen molar-refractivity contribution in [2.45, 2.75) is 50.9 Å². The minimum Gasteiger partial charge on any atom is -0.311 e. The third kappa shape index (κ3) is 4.72. The van der Waals surface area contributed by atoms with Gasteiger partial charge in [-0.05, 0) is 43.5 Å². The second-order valence-electron chi connectivity index (χ2n) is 8.61. The number of H-pyrrole nitrogens is 1. The Balaban J connectivity index is 1.27. The molecule has 4 aromatic rings. The van der Waals surface area contributed by atoms with Crippen LogP contribution in [0.25, 0.3) is 16.6 Å². The molecule has 1 saturated carbocycles. The lowest BCUT2D eigenvalue weighted by molar-refractivity contribution is -0.116. The molecule has 0 spiro atoms. The van der Waals surface area contributed by atoms with Crippen molar-refractivity contribution >= 4 is 22.6 Å². The van der Waals surface area contributed by atoms with Crippen LogP contribution < -0.4 is 10.9 Å². The second kappa shape index (κ2) is 9.40. The van der Waals surface area contributed by atoms with E-state index in [1.54, 1.807) is 6.07 Å². The molecule has 7 nitrogen and oxygen atoms in total. The van der Waals surface area contributed by atoms with Gasteiger partial charge in [-0.2, -0.15) is 5.10 Å². The van der Waals surface area contributed by atoms with Gasteiger partial charge in [-0.25, -0.2) is 9.67 Å². The monoisotopic (exact) mass is 441 g/mol. The lowest BCUT2D eigenvalue weighted by Crippen LogP contribution is -2.16. The first kappa shape index (κ1) is 21.1. The number of benzene rings is 2. The van der Waals surface area contributed by atoms with E-state index in [-0.39, 0.29) is 11.5 Å². The van der Waals surface area contributed by atoms with E-state index < -0.39 is 0 Å². The molecule has 1 amide bonds. The first-order valence-corrected chi connectivity index (χ1v) is 11.6. The molecule has 0 aliphatic heterocycles. The normalized spacial score (nSPS) is 14.1. The van der Waals surface area contributed by atoms with E-state index in [0.29, 0.717) is 47.7 Å². The van der Waals surface area contributed by atoms with Crippen LogP contribution in [0.1, 0.15) is 56.0 Å². The Morgan fingerprint density at radius 3 is 2.64 bits per heavy atom.